The van der Waals surface area contributed by atoms with Gasteiger partial charge in [-0.3, -0.25) is 0 Å². The molecular weight excluding hydrogens is 455 g/mol. The first-order valence-corrected chi connectivity index (χ1v) is 9.73. The highest BCUT2D eigenvalue weighted by Crippen LogP contribution is 2.12. The van der Waals surface area contributed by atoms with Gasteiger partial charge in [-0.15, -0.1) is 24.0 Å². The van der Waals surface area contributed by atoms with Gasteiger partial charge < -0.3 is 25.4 Å². The van der Waals surface area contributed by atoms with Crippen molar-refractivity contribution in [3.63, 3.8) is 0 Å². The van der Waals surface area contributed by atoms with E-state index >= 15 is 0 Å². The number of guanidine groups is 1. The van der Waals surface area contributed by atoms with E-state index in [1.807, 2.05) is 12.1 Å². The highest BCUT2D eigenvalue weighted by Gasteiger charge is 2.19. The minimum Gasteiger partial charge on any atom is -0.508 e. The van der Waals surface area contributed by atoms with E-state index in [1.165, 1.54) is 0 Å². The number of hydrogen-bond donors (Lipinski definition) is 3. The van der Waals surface area contributed by atoms with Crippen molar-refractivity contribution in [3.05, 3.63) is 29.8 Å². The largest absolute Gasteiger partial charge is 0.508 e. The molecule has 1 aromatic rings. The lowest BCUT2D eigenvalue weighted by Crippen LogP contribution is -2.49. The molecule has 0 bridgehead atoms. The number of nitrogens with zero attached hydrogens (tertiary/aromatic N) is 2. The monoisotopic (exact) mass is 490 g/mol. The molecule has 0 atom stereocenters. The van der Waals surface area contributed by atoms with Crippen LogP contribution < -0.4 is 10.6 Å². The van der Waals surface area contributed by atoms with Gasteiger partial charge in [-0.05, 0) is 51.3 Å². The average Bonchev–Trinajstić information content (AvgIpc) is 2.62. The normalized spacial score (nSPS) is 16.2. The van der Waals surface area contributed by atoms with Crippen LogP contribution in [0.1, 0.15) is 39.2 Å². The molecular formula is C20H35IN4O2. The Morgan fingerprint density at radius 2 is 1.93 bits per heavy atom. The molecule has 1 aliphatic rings. The summed E-state index contributed by atoms with van der Waals surface area (Å²) in [5.74, 6) is 1.15. The van der Waals surface area contributed by atoms with E-state index in [0.717, 1.165) is 57.2 Å². The Labute approximate surface area is 180 Å². The molecule has 3 N–H and O–H groups in total. The molecule has 27 heavy (non-hydrogen) atoms. The van der Waals surface area contributed by atoms with Crippen LogP contribution >= 0.6 is 24.0 Å². The van der Waals surface area contributed by atoms with Crippen LogP contribution in [0.5, 0.6) is 5.75 Å². The average molecular weight is 490 g/mol. The smallest absolute Gasteiger partial charge is 0.191 e. The van der Waals surface area contributed by atoms with Gasteiger partial charge in [-0.2, -0.15) is 0 Å². The van der Waals surface area contributed by atoms with E-state index in [9.17, 15) is 5.11 Å². The molecule has 154 valence electrons. The summed E-state index contributed by atoms with van der Waals surface area (Å²) in [6.07, 6.45) is 2.54. The molecule has 7 heteroatoms. The summed E-state index contributed by atoms with van der Waals surface area (Å²) in [6.45, 7) is 11.7. The molecule has 1 fully saturated rings. The van der Waals surface area contributed by atoms with Crippen LogP contribution in [0.4, 0.5) is 0 Å². The Hall–Kier alpha value is -1.06. The van der Waals surface area contributed by atoms with Crippen molar-refractivity contribution < 1.29 is 9.84 Å². The number of halogens is 1. The summed E-state index contributed by atoms with van der Waals surface area (Å²) in [5, 5.41) is 16.3. The molecule has 1 heterocycles. The quantitative estimate of drug-likeness (QED) is 0.297. The lowest BCUT2D eigenvalue weighted by atomic mass is 10.1. The van der Waals surface area contributed by atoms with E-state index in [0.29, 0.717) is 18.7 Å². The molecule has 1 aromatic carbocycles. The number of ether oxygens (including phenoxy) is 1. The number of benzene rings is 1. The maximum Gasteiger partial charge on any atom is 0.191 e. The number of piperidine rings is 1. The van der Waals surface area contributed by atoms with Crippen molar-refractivity contribution in [2.75, 3.05) is 32.8 Å². The number of rotatable bonds is 8. The molecule has 0 aromatic heterocycles. The maximum absolute atomic E-state index is 9.36. The molecule has 1 saturated heterocycles. The Morgan fingerprint density at radius 3 is 2.52 bits per heavy atom. The van der Waals surface area contributed by atoms with E-state index in [2.05, 4.69) is 41.3 Å². The summed E-state index contributed by atoms with van der Waals surface area (Å²) in [5.41, 5.74) is 1.08. The Bertz CT molecular complexity index is 543. The predicted molar refractivity (Wildman–Crippen MR) is 122 cm³/mol. The van der Waals surface area contributed by atoms with Crippen LogP contribution in [0.2, 0.25) is 0 Å². The van der Waals surface area contributed by atoms with Crippen molar-refractivity contribution >= 4 is 29.9 Å². The molecule has 0 radical (unpaired) electrons. The Balaban J connectivity index is 0.00000364. The van der Waals surface area contributed by atoms with Crippen LogP contribution in [-0.2, 0) is 11.3 Å². The molecule has 6 nitrogen and oxygen atoms in total. The Morgan fingerprint density at radius 1 is 1.26 bits per heavy atom. The van der Waals surface area contributed by atoms with Crippen molar-refractivity contribution in [1.82, 2.24) is 15.5 Å². The third-order valence-electron chi connectivity index (χ3n) is 4.49. The number of phenolic OH excluding ortho intramolecular Hbond substituents is 1. The highest BCUT2D eigenvalue weighted by atomic mass is 127. The summed E-state index contributed by atoms with van der Waals surface area (Å²) in [7, 11) is 0. The third kappa shape index (κ3) is 9.62. The minimum atomic E-state index is 0. The number of aliphatic imine (C=N–C) groups is 1. The zero-order valence-electron chi connectivity index (χ0n) is 16.8. The van der Waals surface area contributed by atoms with Crippen molar-refractivity contribution in [2.24, 2.45) is 4.99 Å². The zero-order chi connectivity index (χ0) is 18.8. The van der Waals surface area contributed by atoms with Gasteiger partial charge in [0.2, 0.25) is 0 Å². The van der Waals surface area contributed by atoms with Crippen molar-refractivity contribution in [2.45, 2.75) is 52.3 Å². The third-order valence-corrected chi connectivity index (χ3v) is 4.49. The van der Waals surface area contributed by atoms with Gasteiger partial charge in [-0.25, -0.2) is 4.99 Å². The molecule has 0 amide bonds. The summed E-state index contributed by atoms with van der Waals surface area (Å²) < 4.78 is 5.65. The van der Waals surface area contributed by atoms with Crippen LogP contribution in [0.3, 0.4) is 0 Å². The predicted octanol–water partition coefficient (Wildman–Crippen LogP) is 2.95. The molecule has 0 spiro atoms. The first kappa shape index (κ1) is 24.0. The van der Waals surface area contributed by atoms with E-state index in [-0.39, 0.29) is 29.7 Å². The molecule has 2 rings (SSSR count). The zero-order valence-corrected chi connectivity index (χ0v) is 19.1. The second-order valence-corrected chi connectivity index (χ2v) is 7.04. The lowest BCUT2D eigenvalue weighted by molar-refractivity contribution is 0.0532. The van der Waals surface area contributed by atoms with Gasteiger partial charge in [0, 0.05) is 32.2 Å². The standard InChI is InChI=1S/C20H34N4O2.HI/c1-4-21-20(22-15-17-5-7-19(25)8-6-17)23-18-9-11-24(12-10-18)13-14-26-16(2)3;/h5-8,16,18,25H,4,9-15H2,1-3H3,(H2,21,22,23);1H. The first-order chi connectivity index (χ1) is 12.6. The SMILES string of the molecule is CCNC(=NCc1ccc(O)cc1)NC1CCN(CCOC(C)C)CC1.I. The minimum absolute atomic E-state index is 0. The van der Waals surface area contributed by atoms with Crippen molar-refractivity contribution in [3.8, 4) is 5.75 Å². The molecule has 1 aliphatic heterocycles. The number of aromatic hydroxyl groups is 1. The lowest BCUT2D eigenvalue weighted by Gasteiger charge is -2.33. The molecule has 0 unspecified atom stereocenters. The van der Waals surface area contributed by atoms with Gasteiger partial charge in [0.25, 0.3) is 0 Å². The van der Waals surface area contributed by atoms with Gasteiger partial charge >= 0.3 is 0 Å². The molecule has 0 saturated carbocycles. The second-order valence-electron chi connectivity index (χ2n) is 7.04. The maximum atomic E-state index is 9.36. The van der Waals surface area contributed by atoms with E-state index in [1.54, 1.807) is 12.1 Å². The van der Waals surface area contributed by atoms with Crippen LogP contribution in [0.25, 0.3) is 0 Å². The number of nitrogens with one attached hydrogen (secondary N) is 2. The number of likely N-dealkylation sites (tertiary alicyclic amines) is 1. The van der Waals surface area contributed by atoms with Gasteiger partial charge in [0.15, 0.2) is 5.96 Å². The summed E-state index contributed by atoms with van der Waals surface area (Å²) in [6, 6.07) is 7.66. The van der Waals surface area contributed by atoms with E-state index < -0.39 is 0 Å². The fourth-order valence-corrected chi connectivity index (χ4v) is 3.00. The van der Waals surface area contributed by atoms with Gasteiger partial charge in [0.05, 0.1) is 19.3 Å². The van der Waals surface area contributed by atoms with Crippen LogP contribution in [0.15, 0.2) is 29.3 Å². The topological polar surface area (TPSA) is 69.1 Å². The Kier molecular flexibility index (Phi) is 11.7. The fraction of sp³-hybridized carbons (Fsp3) is 0.650. The van der Waals surface area contributed by atoms with E-state index in [4.69, 9.17) is 4.74 Å². The van der Waals surface area contributed by atoms with Crippen LogP contribution in [-0.4, -0.2) is 60.9 Å². The first-order valence-electron chi connectivity index (χ1n) is 9.73. The van der Waals surface area contributed by atoms with Crippen molar-refractivity contribution in [1.29, 1.82) is 0 Å². The fourth-order valence-electron chi connectivity index (χ4n) is 3.00. The summed E-state index contributed by atoms with van der Waals surface area (Å²) >= 11 is 0. The van der Waals surface area contributed by atoms with Gasteiger partial charge in [0.1, 0.15) is 5.75 Å². The van der Waals surface area contributed by atoms with Crippen LogP contribution in [0, 0.1) is 0 Å². The molecule has 0 aliphatic carbocycles. The second kappa shape index (κ2) is 13.2. The number of phenols is 1. The summed E-state index contributed by atoms with van der Waals surface area (Å²) in [4.78, 5) is 7.15. The highest BCUT2D eigenvalue weighted by molar-refractivity contribution is 14.0. The number of hydrogen-bond acceptors (Lipinski definition) is 4. The van der Waals surface area contributed by atoms with Gasteiger partial charge in [-0.1, -0.05) is 12.1 Å².